The number of aliphatic hydroxyl groups excluding tert-OH is 2. The Hall–Kier alpha value is -1.75. The van der Waals surface area contributed by atoms with Gasteiger partial charge in [0, 0.05) is 7.05 Å². The van der Waals surface area contributed by atoms with E-state index in [4.69, 9.17) is 10.2 Å². The third-order valence-electron chi connectivity index (χ3n) is 1.89. The molecule has 0 amide bonds. The van der Waals surface area contributed by atoms with E-state index >= 15 is 0 Å². The zero-order chi connectivity index (χ0) is 11.3. The van der Waals surface area contributed by atoms with Gasteiger partial charge in [-0.15, -0.1) is 0 Å². The lowest BCUT2D eigenvalue weighted by Gasteiger charge is -1.94. The summed E-state index contributed by atoms with van der Waals surface area (Å²) in [6.45, 7) is 1.44. The molecule has 0 saturated carbocycles. The first-order valence-electron chi connectivity index (χ1n) is 4.43. The van der Waals surface area contributed by atoms with Gasteiger partial charge in [0.05, 0.1) is 0 Å². The van der Waals surface area contributed by atoms with Crippen LogP contribution in [0.5, 0.6) is 0 Å². The van der Waals surface area contributed by atoms with Crippen molar-refractivity contribution in [1.82, 2.24) is 9.55 Å². The summed E-state index contributed by atoms with van der Waals surface area (Å²) in [7, 11) is 1.83. The maximum Gasteiger partial charge on any atom is 0.147 e. The van der Waals surface area contributed by atoms with Crippen LogP contribution in [0, 0.1) is 30.6 Å². The van der Waals surface area contributed by atoms with Crippen molar-refractivity contribution in [3.05, 3.63) is 17.2 Å². The normalized spacial score (nSPS) is 8.80. The van der Waals surface area contributed by atoms with Gasteiger partial charge in [0.2, 0.25) is 0 Å². The minimum atomic E-state index is -0.206. The summed E-state index contributed by atoms with van der Waals surface area (Å²) in [6, 6.07) is 0. The molecule has 0 aliphatic carbocycles. The van der Waals surface area contributed by atoms with Crippen LogP contribution in [-0.2, 0) is 7.05 Å². The maximum absolute atomic E-state index is 8.61. The number of hydrogen-bond donors (Lipinski definition) is 2. The minimum absolute atomic E-state index is 0.197. The summed E-state index contributed by atoms with van der Waals surface area (Å²) in [5.74, 6) is 11.4. The molecule has 4 nitrogen and oxygen atoms in total. The van der Waals surface area contributed by atoms with Gasteiger partial charge in [-0.3, -0.25) is 0 Å². The largest absolute Gasteiger partial charge is 0.384 e. The van der Waals surface area contributed by atoms with Crippen LogP contribution in [0.25, 0.3) is 0 Å². The molecule has 0 radical (unpaired) electrons. The third kappa shape index (κ3) is 2.60. The Labute approximate surface area is 88.6 Å². The number of nitrogens with zero attached hydrogens (tertiary/aromatic N) is 2. The van der Waals surface area contributed by atoms with Gasteiger partial charge in [0.25, 0.3) is 0 Å². The standard InChI is InChI=1S/C11H12N2O2/c1-9-12-10(5-3-7-14)11(13(9)2)6-4-8-15/h14-15H,7-8H2,1-2H3. The Morgan fingerprint density at radius 3 is 2.40 bits per heavy atom. The Balaban J connectivity index is 3.20. The molecule has 0 fully saturated rings. The zero-order valence-corrected chi connectivity index (χ0v) is 8.70. The predicted octanol–water partition coefficient (Wildman–Crippen LogP) is -0.584. The van der Waals surface area contributed by atoms with E-state index in [1.807, 2.05) is 14.0 Å². The predicted molar refractivity (Wildman–Crippen MR) is 55.9 cm³/mol. The highest BCUT2D eigenvalue weighted by molar-refractivity contribution is 5.44. The number of aliphatic hydroxyl groups is 2. The number of aromatic nitrogens is 2. The van der Waals surface area contributed by atoms with Gasteiger partial charge in [-0.05, 0) is 18.8 Å². The summed E-state index contributed by atoms with van der Waals surface area (Å²) in [5, 5.41) is 17.2. The second-order valence-electron chi connectivity index (χ2n) is 2.84. The Morgan fingerprint density at radius 1 is 1.20 bits per heavy atom. The van der Waals surface area contributed by atoms with Crippen LogP contribution in [0.2, 0.25) is 0 Å². The molecule has 4 heteroatoms. The molecule has 0 spiro atoms. The molecular weight excluding hydrogens is 192 g/mol. The van der Waals surface area contributed by atoms with E-state index in [1.165, 1.54) is 0 Å². The van der Waals surface area contributed by atoms with Crippen molar-refractivity contribution in [3.8, 4) is 23.7 Å². The minimum Gasteiger partial charge on any atom is -0.384 e. The SMILES string of the molecule is Cc1nc(C#CCO)c(C#CCO)n1C. The van der Waals surface area contributed by atoms with Crippen LogP contribution in [0.15, 0.2) is 0 Å². The monoisotopic (exact) mass is 204 g/mol. The highest BCUT2D eigenvalue weighted by Crippen LogP contribution is 2.07. The second kappa shape index (κ2) is 5.21. The zero-order valence-electron chi connectivity index (χ0n) is 8.70. The highest BCUT2D eigenvalue weighted by Gasteiger charge is 2.07. The number of aryl methyl sites for hydroxylation is 1. The molecule has 1 aromatic rings. The van der Waals surface area contributed by atoms with Gasteiger partial charge in [-0.1, -0.05) is 11.8 Å². The number of hydrogen-bond acceptors (Lipinski definition) is 3. The molecule has 1 heterocycles. The molecule has 15 heavy (non-hydrogen) atoms. The van der Waals surface area contributed by atoms with Crippen molar-refractivity contribution in [1.29, 1.82) is 0 Å². The van der Waals surface area contributed by atoms with E-state index in [2.05, 4.69) is 28.7 Å². The molecule has 0 aliphatic rings. The van der Waals surface area contributed by atoms with Crippen molar-refractivity contribution in [2.24, 2.45) is 7.05 Å². The van der Waals surface area contributed by atoms with Gasteiger partial charge < -0.3 is 14.8 Å². The second-order valence-corrected chi connectivity index (χ2v) is 2.84. The van der Waals surface area contributed by atoms with Gasteiger partial charge in [-0.2, -0.15) is 0 Å². The van der Waals surface area contributed by atoms with Crippen LogP contribution >= 0.6 is 0 Å². The maximum atomic E-state index is 8.61. The first kappa shape index (κ1) is 11.3. The van der Waals surface area contributed by atoms with Gasteiger partial charge in [-0.25, -0.2) is 4.98 Å². The molecule has 0 bridgehead atoms. The highest BCUT2D eigenvalue weighted by atomic mass is 16.3. The van der Waals surface area contributed by atoms with Crippen LogP contribution in [0.3, 0.4) is 0 Å². The van der Waals surface area contributed by atoms with Crippen LogP contribution in [0.1, 0.15) is 17.2 Å². The van der Waals surface area contributed by atoms with Crippen molar-refractivity contribution >= 4 is 0 Å². The first-order valence-corrected chi connectivity index (χ1v) is 4.43. The van der Waals surface area contributed by atoms with E-state index in [9.17, 15) is 0 Å². The summed E-state index contributed by atoms with van der Waals surface area (Å²) >= 11 is 0. The van der Waals surface area contributed by atoms with E-state index < -0.39 is 0 Å². The summed E-state index contributed by atoms with van der Waals surface area (Å²) < 4.78 is 1.80. The van der Waals surface area contributed by atoms with Gasteiger partial charge >= 0.3 is 0 Å². The molecule has 2 N–H and O–H groups in total. The Morgan fingerprint density at radius 2 is 1.80 bits per heavy atom. The van der Waals surface area contributed by atoms with Crippen molar-refractivity contribution in [2.75, 3.05) is 13.2 Å². The lowest BCUT2D eigenvalue weighted by molar-refractivity contribution is 0.350. The lowest BCUT2D eigenvalue weighted by Crippen LogP contribution is -1.95. The van der Waals surface area contributed by atoms with Crippen molar-refractivity contribution in [2.45, 2.75) is 6.92 Å². The fourth-order valence-corrected chi connectivity index (χ4v) is 1.09. The molecule has 0 atom stereocenters. The topological polar surface area (TPSA) is 58.3 Å². The molecule has 0 aliphatic heterocycles. The van der Waals surface area contributed by atoms with Crippen molar-refractivity contribution in [3.63, 3.8) is 0 Å². The Bertz CT molecular complexity index is 466. The molecule has 0 saturated heterocycles. The molecule has 1 rings (SSSR count). The van der Waals surface area contributed by atoms with Crippen LogP contribution < -0.4 is 0 Å². The van der Waals surface area contributed by atoms with Gasteiger partial charge in [0.15, 0.2) is 0 Å². The Kier molecular flexibility index (Phi) is 3.93. The molecular formula is C11H12N2O2. The smallest absolute Gasteiger partial charge is 0.147 e. The number of imidazole rings is 1. The van der Waals surface area contributed by atoms with Gasteiger partial charge in [0.1, 0.15) is 30.4 Å². The third-order valence-corrected chi connectivity index (χ3v) is 1.89. The molecule has 0 unspecified atom stereocenters. The van der Waals surface area contributed by atoms with E-state index in [1.54, 1.807) is 4.57 Å². The fourth-order valence-electron chi connectivity index (χ4n) is 1.09. The van der Waals surface area contributed by atoms with E-state index in [0.717, 1.165) is 5.82 Å². The van der Waals surface area contributed by atoms with Crippen molar-refractivity contribution < 1.29 is 10.2 Å². The summed E-state index contributed by atoms with van der Waals surface area (Å²) in [6.07, 6.45) is 0. The molecule has 0 aromatic carbocycles. The van der Waals surface area contributed by atoms with E-state index in [-0.39, 0.29) is 13.2 Å². The summed E-state index contributed by atoms with van der Waals surface area (Å²) in [5.41, 5.74) is 1.19. The fraction of sp³-hybridized carbons (Fsp3) is 0.364. The quantitative estimate of drug-likeness (QED) is 0.556. The number of rotatable bonds is 0. The van der Waals surface area contributed by atoms with Crippen LogP contribution in [0.4, 0.5) is 0 Å². The lowest BCUT2D eigenvalue weighted by atomic mass is 10.3. The van der Waals surface area contributed by atoms with Crippen LogP contribution in [-0.4, -0.2) is 33.0 Å². The molecule has 78 valence electrons. The average Bonchev–Trinajstić information content (AvgIpc) is 2.50. The average molecular weight is 204 g/mol. The summed E-state index contributed by atoms with van der Waals surface area (Å²) in [4.78, 5) is 4.19. The van der Waals surface area contributed by atoms with E-state index in [0.29, 0.717) is 11.4 Å². The molecule has 1 aromatic heterocycles. The first-order chi connectivity index (χ1) is 7.20.